The van der Waals surface area contributed by atoms with E-state index in [1.54, 1.807) is 0 Å². The second kappa shape index (κ2) is 8.92. The number of halogens is 1. The van der Waals surface area contributed by atoms with Crippen LogP contribution in [0.1, 0.15) is 32.9 Å². The van der Waals surface area contributed by atoms with Crippen LogP contribution < -0.4 is 10.6 Å². The van der Waals surface area contributed by atoms with Crippen LogP contribution in [0.4, 0.5) is 5.69 Å². The van der Waals surface area contributed by atoms with Crippen LogP contribution in [0.5, 0.6) is 0 Å². The van der Waals surface area contributed by atoms with Gasteiger partial charge in [0.25, 0.3) is 5.91 Å². The predicted octanol–water partition coefficient (Wildman–Crippen LogP) is 4.71. The fraction of sp³-hybridized carbons (Fsp3) is 0.200. The molecular formula is C25H25ClN4O. The number of nitrogens with zero attached hydrogens (tertiary/aromatic N) is 2. The maximum absolute atomic E-state index is 12.8. The van der Waals surface area contributed by atoms with Crippen molar-refractivity contribution in [3.05, 3.63) is 94.8 Å². The molecule has 1 aliphatic heterocycles. The topological polar surface area (TPSA) is 59.0 Å². The van der Waals surface area contributed by atoms with E-state index in [1.165, 1.54) is 27.5 Å². The third-order valence-corrected chi connectivity index (χ3v) is 5.76. The number of anilines is 1. The number of carbonyl (C=O) groups is 1. The molecule has 158 valence electrons. The lowest BCUT2D eigenvalue weighted by Crippen LogP contribution is -2.23. The van der Waals surface area contributed by atoms with Gasteiger partial charge in [-0.1, -0.05) is 48.5 Å². The molecule has 2 N–H and O–H groups in total. The van der Waals surface area contributed by atoms with Gasteiger partial charge in [0.1, 0.15) is 0 Å². The highest BCUT2D eigenvalue weighted by Gasteiger charge is 2.15. The summed E-state index contributed by atoms with van der Waals surface area (Å²) in [5, 5.41) is 13.4. The van der Waals surface area contributed by atoms with Crippen LogP contribution in [0.2, 0.25) is 0 Å². The first-order chi connectivity index (χ1) is 14.7. The molecule has 1 aromatic heterocycles. The number of nitrogens with one attached hydrogen (secondary N) is 2. The van der Waals surface area contributed by atoms with Gasteiger partial charge in [-0.15, -0.1) is 12.4 Å². The zero-order valence-corrected chi connectivity index (χ0v) is 18.2. The maximum atomic E-state index is 12.8. The number of amides is 1. The van der Waals surface area contributed by atoms with Gasteiger partial charge in [0, 0.05) is 17.9 Å². The van der Waals surface area contributed by atoms with Gasteiger partial charge in [-0.25, -0.2) is 0 Å². The molecule has 5 rings (SSSR count). The highest BCUT2D eigenvalue weighted by atomic mass is 35.5. The van der Waals surface area contributed by atoms with Crippen LogP contribution >= 0.6 is 12.4 Å². The normalized spacial score (nSPS) is 12.8. The average molecular weight is 433 g/mol. The van der Waals surface area contributed by atoms with Crippen molar-refractivity contribution in [1.29, 1.82) is 0 Å². The minimum atomic E-state index is -0.177. The molecule has 4 aromatic rings. The van der Waals surface area contributed by atoms with Crippen molar-refractivity contribution in [3.63, 3.8) is 0 Å². The van der Waals surface area contributed by atoms with Crippen molar-refractivity contribution in [1.82, 2.24) is 15.1 Å². The number of fused-ring (bicyclic) bond motifs is 2. The number of benzene rings is 3. The predicted molar refractivity (Wildman–Crippen MR) is 127 cm³/mol. The number of aromatic nitrogens is 2. The molecule has 3 aromatic carbocycles. The minimum absolute atomic E-state index is 0. The Labute approximate surface area is 187 Å². The maximum Gasteiger partial charge on any atom is 0.276 e. The van der Waals surface area contributed by atoms with Crippen molar-refractivity contribution in [2.75, 3.05) is 11.9 Å². The van der Waals surface area contributed by atoms with Gasteiger partial charge in [-0.05, 0) is 65.6 Å². The molecule has 1 amide bonds. The summed E-state index contributed by atoms with van der Waals surface area (Å²) in [6, 6.07) is 22.6. The first-order valence-electron chi connectivity index (χ1n) is 10.3. The fourth-order valence-electron chi connectivity index (χ4n) is 4.12. The van der Waals surface area contributed by atoms with Crippen molar-refractivity contribution in [2.45, 2.75) is 26.4 Å². The van der Waals surface area contributed by atoms with E-state index in [-0.39, 0.29) is 18.3 Å². The summed E-state index contributed by atoms with van der Waals surface area (Å²) >= 11 is 0. The SMILES string of the molecule is Cc1cc(C(=O)Nc2ccc3c(c2)CCNC3)nn1Cc1cccc2ccccc12.Cl. The second-order valence-corrected chi connectivity index (χ2v) is 7.83. The largest absolute Gasteiger partial charge is 0.321 e. The van der Waals surface area contributed by atoms with Crippen LogP contribution in [0, 0.1) is 6.92 Å². The molecule has 5 nitrogen and oxygen atoms in total. The number of aryl methyl sites for hydroxylation is 1. The van der Waals surface area contributed by atoms with Crippen LogP contribution in [-0.2, 0) is 19.5 Å². The smallest absolute Gasteiger partial charge is 0.276 e. The van der Waals surface area contributed by atoms with Gasteiger partial charge < -0.3 is 10.6 Å². The Morgan fingerprint density at radius 2 is 1.90 bits per heavy atom. The first kappa shape index (κ1) is 21.1. The zero-order chi connectivity index (χ0) is 20.5. The molecule has 0 saturated heterocycles. The average Bonchev–Trinajstić information content (AvgIpc) is 3.14. The standard InChI is InChI=1S/C25H24N4O.ClH/c1-17-13-24(25(30)27-22-10-9-20-15-26-12-11-19(20)14-22)28-29(17)16-21-7-4-6-18-5-2-3-8-23(18)21;/h2-10,13-14,26H,11-12,15-16H2,1H3,(H,27,30);1H. The molecule has 0 bridgehead atoms. The summed E-state index contributed by atoms with van der Waals surface area (Å²) in [6.07, 6.45) is 0.984. The van der Waals surface area contributed by atoms with Gasteiger partial charge in [0.05, 0.1) is 6.54 Å². The quantitative estimate of drug-likeness (QED) is 0.491. The summed E-state index contributed by atoms with van der Waals surface area (Å²) in [5.74, 6) is -0.177. The molecule has 0 spiro atoms. The lowest BCUT2D eigenvalue weighted by Gasteiger charge is -2.17. The van der Waals surface area contributed by atoms with E-state index in [4.69, 9.17) is 0 Å². The fourth-order valence-corrected chi connectivity index (χ4v) is 4.12. The molecule has 0 unspecified atom stereocenters. The number of hydrogen-bond donors (Lipinski definition) is 2. The van der Waals surface area contributed by atoms with Crippen LogP contribution in [0.15, 0.2) is 66.7 Å². The zero-order valence-electron chi connectivity index (χ0n) is 17.4. The molecular weight excluding hydrogens is 408 g/mol. The Hall–Kier alpha value is -3.15. The molecule has 0 aliphatic carbocycles. The van der Waals surface area contributed by atoms with Crippen molar-refractivity contribution in [3.8, 4) is 0 Å². The van der Waals surface area contributed by atoms with E-state index >= 15 is 0 Å². The van der Waals surface area contributed by atoms with E-state index in [0.717, 1.165) is 30.9 Å². The van der Waals surface area contributed by atoms with Crippen LogP contribution in [0.25, 0.3) is 10.8 Å². The van der Waals surface area contributed by atoms with E-state index < -0.39 is 0 Å². The van der Waals surface area contributed by atoms with Crippen molar-refractivity contribution in [2.24, 2.45) is 0 Å². The second-order valence-electron chi connectivity index (χ2n) is 7.83. The number of rotatable bonds is 4. The Kier molecular flexibility index (Phi) is 6.07. The monoisotopic (exact) mass is 432 g/mol. The van der Waals surface area contributed by atoms with Crippen LogP contribution in [-0.4, -0.2) is 22.2 Å². The lowest BCUT2D eigenvalue weighted by atomic mass is 10.0. The van der Waals surface area contributed by atoms with Gasteiger partial charge in [0.2, 0.25) is 0 Å². The van der Waals surface area contributed by atoms with E-state index in [0.29, 0.717) is 12.2 Å². The third kappa shape index (κ3) is 4.33. The molecule has 0 radical (unpaired) electrons. The Balaban J connectivity index is 0.00000231. The Bertz CT molecular complexity index is 1240. The first-order valence-corrected chi connectivity index (χ1v) is 10.3. The molecule has 0 saturated carbocycles. The highest BCUT2D eigenvalue weighted by molar-refractivity contribution is 6.03. The number of hydrogen-bond acceptors (Lipinski definition) is 3. The lowest BCUT2D eigenvalue weighted by molar-refractivity contribution is 0.102. The van der Waals surface area contributed by atoms with Gasteiger partial charge >= 0.3 is 0 Å². The summed E-state index contributed by atoms with van der Waals surface area (Å²) in [7, 11) is 0. The summed E-state index contributed by atoms with van der Waals surface area (Å²) < 4.78 is 1.90. The molecule has 0 fully saturated rings. The van der Waals surface area contributed by atoms with E-state index in [1.807, 2.05) is 29.8 Å². The number of carbonyl (C=O) groups excluding carboxylic acids is 1. The van der Waals surface area contributed by atoms with Crippen LogP contribution in [0.3, 0.4) is 0 Å². The Morgan fingerprint density at radius 1 is 1.06 bits per heavy atom. The molecule has 31 heavy (non-hydrogen) atoms. The third-order valence-electron chi connectivity index (χ3n) is 5.76. The summed E-state index contributed by atoms with van der Waals surface area (Å²) in [5.41, 5.74) is 6.01. The van der Waals surface area contributed by atoms with Gasteiger partial charge in [-0.3, -0.25) is 9.48 Å². The van der Waals surface area contributed by atoms with Gasteiger partial charge in [0.15, 0.2) is 5.69 Å². The summed E-state index contributed by atoms with van der Waals surface area (Å²) in [4.78, 5) is 12.8. The molecule has 6 heteroatoms. The van der Waals surface area contributed by atoms with E-state index in [9.17, 15) is 4.79 Å². The summed E-state index contributed by atoms with van der Waals surface area (Å²) in [6.45, 7) is 4.48. The molecule has 2 heterocycles. The minimum Gasteiger partial charge on any atom is -0.321 e. The Morgan fingerprint density at radius 3 is 2.81 bits per heavy atom. The highest BCUT2D eigenvalue weighted by Crippen LogP contribution is 2.21. The molecule has 1 aliphatic rings. The van der Waals surface area contributed by atoms with Crippen molar-refractivity contribution < 1.29 is 4.79 Å². The molecule has 0 atom stereocenters. The van der Waals surface area contributed by atoms with Gasteiger partial charge in [-0.2, -0.15) is 5.10 Å². The van der Waals surface area contributed by atoms with E-state index in [2.05, 4.69) is 64.3 Å². The van der Waals surface area contributed by atoms with Crippen molar-refractivity contribution >= 4 is 34.8 Å².